The lowest BCUT2D eigenvalue weighted by Crippen LogP contribution is -2.44. The number of hydrogen-bond acceptors (Lipinski definition) is 3. The third-order valence-electron chi connectivity index (χ3n) is 3.32. The summed E-state index contributed by atoms with van der Waals surface area (Å²) in [5.74, 6) is 0. The minimum absolute atomic E-state index is 0.0176. The summed E-state index contributed by atoms with van der Waals surface area (Å²) in [5.41, 5.74) is -0.338. The Bertz CT molecular complexity index is 222. The van der Waals surface area contributed by atoms with E-state index in [1.165, 1.54) is 0 Å². The molecule has 1 aliphatic rings. The van der Waals surface area contributed by atoms with Gasteiger partial charge < -0.3 is 9.47 Å². The van der Waals surface area contributed by atoms with Crippen molar-refractivity contribution in [3.8, 4) is 0 Å². The highest BCUT2D eigenvalue weighted by molar-refractivity contribution is 5.60. The van der Waals surface area contributed by atoms with Gasteiger partial charge >= 0.3 is 6.16 Å². The van der Waals surface area contributed by atoms with Gasteiger partial charge in [-0.2, -0.15) is 0 Å². The van der Waals surface area contributed by atoms with Crippen molar-refractivity contribution in [1.82, 2.24) is 0 Å². The van der Waals surface area contributed by atoms with Gasteiger partial charge in [-0.15, -0.1) is 0 Å². The van der Waals surface area contributed by atoms with Gasteiger partial charge in [0.2, 0.25) is 0 Å². The van der Waals surface area contributed by atoms with E-state index in [0.717, 1.165) is 25.7 Å². The van der Waals surface area contributed by atoms with Crippen molar-refractivity contribution >= 4 is 6.16 Å². The van der Waals surface area contributed by atoms with Crippen molar-refractivity contribution in [1.29, 1.82) is 0 Å². The number of ether oxygens (including phenoxy) is 2. The molecule has 1 saturated carbocycles. The Labute approximate surface area is 92.1 Å². The van der Waals surface area contributed by atoms with Crippen LogP contribution in [0.25, 0.3) is 0 Å². The minimum Gasteiger partial charge on any atom is -0.435 e. The summed E-state index contributed by atoms with van der Waals surface area (Å²) in [6, 6.07) is 0. The monoisotopic (exact) mass is 214 g/mol. The van der Waals surface area contributed by atoms with E-state index in [9.17, 15) is 4.79 Å². The predicted molar refractivity (Wildman–Crippen MR) is 58.8 cm³/mol. The van der Waals surface area contributed by atoms with Crippen LogP contribution in [0.15, 0.2) is 0 Å². The third kappa shape index (κ3) is 2.64. The smallest absolute Gasteiger partial charge is 0.435 e. The highest BCUT2D eigenvalue weighted by atomic mass is 16.7. The molecule has 0 atom stereocenters. The highest BCUT2D eigenvalue weighted by Crippen LogP contribution is 2.46. The van der Waals surface area contributed by atoms with Crippen LogP contribution in [0.3, 0.4) is 0 Å². The molecule has 0 aromatic heterocycles. The van der Waals surface area contributed by atoms with E-state index in [4.69, 9.17) is 9.47 Å². The maximum absolute atomic E-state index is 11.4. The van der Waals surface area contributed by atoms with Gasteiger partial charge in [-0.25, -0.2) is 4.79 Å². The summed E-state index contributed by atoms with van der Waals surface area (Å²) in [6.07, 6.45) is 3.66. The van der Waals surface area contributed by atoms with E-state index in [0.29, 0.717) is 6.61 Å². The fourth-order valence-electron chi connectivity index (χ4n) is 2.26. The Morgan fingerprint density at radius 2 is 1.80 bits per heavy atom. The van der Waals surface area contributed by atoms with Crippen molar-refractivity contribution in [2.75, 3.05) is 6.61 Å². The Kier molecular flexibility index (Phi) is 3.63. The lowest BCUT2D eigenvalue weighted by atomic mass is 9.75. The third-order valence-corrected chi connectivity index (χ3v) is 3.32. The molecule has 15 heavy (non-hydrogen) atoms. The van der Waals surface area contributed by atoms with Gasteiger partial charge in [-0.1, -0.05) is 20.8 Å². The lowest BCUT2D eigenvalue weighted by molar-refractivity contribution is -0.0901. The van der Waals surface area contributed by atoms with Crippen LogP contribution in [-0.2, 0) is 9.47 Å². The molecule has 3 nitrogen and oxygen atoms in total. The lowest BCUT2D eigenvalue weighted by Gasteiger charge is -2.40. The minimum atomic E-state index is -0.519. The first-order valence-electron chi connectivity index (χ1n) is 5.77. The average molecular weight is 214 g/mol. The van der Waals surface area contributed by atoms with Crippen molar-refractivity contribution in [3.63, 3.8) is 0 Å². The largest absolute Gasteiger partial charge is 0.508 e. The molecule has 0 bridgehead atoms. The van der Waals surface area contributed by atoms with E-state index in [2.05, 4.69) is 20.8 Å². The Hall–Kier alpha value is -0.730. The van der Waals surface area contributed by atoms with E-state index in [1.54, 1.807) is 6.92 Å². The second-order valence-electron chi connectivity index (χ2n) is 5.24. The molecule has 0 amide bonds. The van der Waals surface area contributed by atoms with Crippen molar-refractivity contribution in [2.45, 2.75) is 59.0 Å². The van der Waals surface area contributed by atoms with Gasteiger partial charge in [0, 0.05) is 5.41 Å². The zero-order chi connectivity index (χ0) is 11.5. The Balaban J connectivity index is 2.70. The molecule has 1 fully saturated rings. The van der Waals surface area contributed by atoms with Crippen LogP contribution in [-0.4, -0.2) is 18.4 Å². The van der Waals surface area contributed by atoms with Crippen molar-refractivity contribution in [3.05, 3.63) is 0 Å². The van der Waals surface area contributed by atoms with Gasteiger partial charge in [0.25, 0.3) is 0 Å². The molecule has 0 heterocycles. The molecule has 3 heteroatoms. The molecule has 0 radical (unpaired) electrons. The number of carbonyl (C=O) groups is 1. The van der Waals surface area contributed by atoms with Gasteiger partial charge in [0.1, 0.15) is 5.60 Å². The summed E-state index contributed by atoms with van der Waals surface area (Å²) in [4.78, 5) is 11.4. The summed E-state index contributed by atoms with van der Waals surface area (Å²) >= 11 is 0. The Morgan fingerprint density at radius 3 is 2.20 bits per heavy atom. The van der Waals surface area contributed by atoms with Crippen molar-refractivity contribution < 1.29 is 14.3 Å². The van der Waals surface area contributed by atoms with Crippen LogP contribution in [0.2, 0.25) is 0 Å². The van der Waals surface area contributed by atoms with Crippen LogP contribution in [0.5, 0.6) is 0 Å². The van der Waals surface area contributed by atoms with E-state index < -0.39 is 6.16 Å². The SMILES string of the molecule is CCOC(=O)OC1(C(C)(C)C)CCCC1. The van der Waals surface area contributed by atoms with Gasteiger partial charge in [-0.05, 0) is 32.6 Å². The van der Waals surface area contributed by atoms with Crippen molar-refractivity contribution in [2.24, 2.45) is 5.41 Å². The number of carbonyl (C=O) groups excluding carboxylic acids is 1. The maximum atomic E-state index is 11.4. The second kappa shape index (κ2) is 4.42. The molecule has 0 aromatic carbocycles. The molecule has 0 unspecified atom stereocenters. The molecule has 0 aromatic rings. The molecule has 0 aliphatic heterocycles. The maximum Gasteiger partial charge on any atom is 0.508 e. The van der Waals surface area contributed by atoms with E-state index in [-0.39, 0.29) is 11.0 Å². The van der Waals surface area contributed by atoms with Crippen LogP contribution in [0.4, 0.5) is 4.79 Å². The molecular formula is C12H22O3. The van der Waals surface area contributed by atoms with Gasteiger partial charge in [0.05, 0.1) is 6.61 Å². The summed E-state index contributed by atoms with van der Waals surface area (Å²) < 4.78 is 10.4. The first kappa shape index (κ1) is 12.3. The zero-order valence-corrected chi connectivity index (χ0v) is 10.3. The first-order valence-corrected chi connectivity index (χ1v) is 5.77. The van der Waals surface area contributed by atoms with Gasteiger partial charge in [-0.3, -0.25) is 0 Å². The summed E-state index contributed by atoms with van der Waals surface area (Å²) in [6.45, 7) is 8.53. The standard InChI is InChI=1S/C12H22O3/c1-5-14-10(13)15-12(11(2,3)4)8-6-7-9-12/h5-9H2,1-4H3. The Morgan fingerprint density at radius 1 is 1.27 bits per heavy atom. The van der Waals surface area contributed by atoms with Crippen LogP contribution in [0, 0.1) is 5.41 Å². The molecule has 0 saturated heterocycles. The molecule has 0 N–H and O–H groups in total. The van der Waals surface area contributed by atoms with E-state index >= 15 is 0 Å². The van der Waals surface area contributed by atoms with Crippen LogP contribution < -0.4 is 0 Å². The fourth-order valence-corrected chi connectivity index (χ4v) is 2.26. The molecule has 0 spiro atoms. The van der Waals surface area contributed by atoms with Crippen LogP contribution >= 0.6 is 0 Å². The topological polar surface area (TPSA) is 35.5 Å². The van der Waals surface area contributed by atoms with Crippen LogP contribution in [0.1, 0.15) is 53.4 Å². The molecule has 88 valence electrons. The second-order valence-corrected chi connectivity index (χ2v) is 5.24. The summed E-state index contributed by atoms with van der Waals surface area (Å²) in [7, 11) is 0. The average Bonchev–Trinajstić information content (AvgIpc) is 2.53. The molecule has 1 aliphatic carbocycles. The molecule has 1 rings (SSSR count). The summed E-state index contributed by atoms with van der Waals surface area (Å²) in [5, 5.41) is 0. The highest BCUT2D eigenvalue weighted by Gasteiger charge is 2.47. The quantitative estimate of drug-likeness (QED) is 0.660. The molecular weight excluding hydrogens is 192 g/mol. The number of hydrogen-bond donors (Lipinski definition) is 0. The first-order chi connectivity index (χ1) is 6.91. The number of rotatable bonds is 2. The van der Waals surface area contributed by atoms with E-state index in [1.807, 2.05) is 0 Å². The predicted octanol–water partition coefficient (Wildman–Crippen LogP) is 3.52. The zero-order valence-electron chi connectivity index (χ0n) is 10.3. The normalized spacial score (nSPS) is 20.0. The fraction of sp³-hybridized carbons (Fsp3) is 0.917. The van der Waals surface area contributed by atoms with Gasteiger partial charge in [0.15, 0.2) is 0 Å².